The van der Waals surface area contributed by atoms with Crippen LogP contribution in [0.15, 0.2) is 41.5 Å². The number of halogens is 9. The van der Waals surface area contributed by atoms with Crippen LogP contribution >= 0.6 is 23.4 Å². The van der Waals surface area contributed by atoms with Crippen LogP contribution in [0.1, 0.15) is 45.7 Å². The van der Waals surface area contributed by atoms with Gasteiger partial charge in [-0.15, -0.1) is 0 Å². The van der Waals surface area contributed by atoms with Gasteiger partial charge in [0.25, 0.3) is 11.8 Å². The molecule has 1 aliphatic rings. The molecule has 0 fully saturated rings. The number of aryl methyl sites for hydroxylation is 1. The van der Waals surface area contributed by atoms with E-state index in [1.807, 2.05) is 6.26 Å². The molecule has 45 heavy (non-hydrogen) atoms. The Labute approximate surface area is 261 Å². The maximum Gasteiger partial charge on any atom is 0.461 e. The first-order valence-corrected chi connectivity index (χ1v) is 14.6. The molecule has 246 valence electrons. The quantitative estimate of drug-likeness (QED) is 0.296. The highest BCUT2D eigenvalue weighted by molar-refractivity contribution is 7.98. The Morgan fingerprint density at radius 3 is 2.22 bits per heavy atom. The molecular formula is C27H26ClF8N5O3S. The van der Waals surface area contributed by atoms with E-state index in [9.17, 15) is 49.5 Å². The van der Waals surface area contributed by atoms with Crippen LogP contribution in [-0.4, -0.2) is 76.0 Å². The molecule has 0 saturated heterocycles. The van der Waals surface area contributed by atoms with Gasteiger partial charge >= 0.3 is 18.3 Å². The number of hydrogen-bond donors (Lipinski definition) is 2. The largest absolute Gasteiger partial charge is 0.461 e. The second-order valence-electron chi connectivity index (χ2n) is 9.99. The summed E-state index contributed by atoms with van der Waals surface area (Å²) in [4.78, 5) is 37.3. The first-order chi connectivity index (χ1) is 20.7. The Hall–Kier alpha value is -3.60. The van der Waals surface area contributed by atoms with E-state index in [1.54, 1.807) is 6.92 Å². The Balaban J connectivity index is 1.91. The van der Waals surface area contributed by atoms with Crippen LogP contribution in [0, 0.1) is 6.92 Å². The number of amidine groups is 1. The highest BCUT2D eigenvalue weighted by Gasteiger charge is 2.68. The molecule has 8 nitrogen and oxygen atoms in total. The summed E-state index contributed by atoms with van der Waals surface area (Å²) in [6.45, 7) is 2.67. The predicted octanol–water partition coefficient (Wildman–Crippen LogP) is 6.45. The van der Waals surface area contributed by atoms with Gasteiger partial charge in [0.05, 0.1) is 22.7 Å². The zero-order valence-corrected chi connectivity index (χ0v) is 25.5. The molecule has 2 aromatic rings. The molecule has 0 radical (unpaired) electrons. The van der Waals surface area contributed by atoms with Crippen molar-refractivity contribution in [2.24, 2.45) is 5.10 Å². The summed E-state index contributed by atoms with van der Waals surface area (Å²) in [5, 5.41) is 8.15. The van der Waals surface area contributed by atoms with Crippen LogP contribution < -0.4 is 10.6 Å². The Morgan fingerprint density at radius 2 is 1.69 bits per heavy atom. The smallest absolute Gasteiger partial charge is 0.349 e. The zero-order chi connectivity index (χ0) is 34.1. The minimum Gasteiger partial charge on any atom is -0.349 e. The molecular weight excluding hydrogens is 662 g/mol. The fraction of sp³-hybridized carbons (Fsp3) is 0.407. The number of anilines is 1. The van der Waals surface area contributed by atoms with Gasteiger partial charge in [0.1, 0.15) is 0 Å². The van der Waals surface area contributed by atoms with Gasteiger partial charge in [-0.25, -0.2) is 0 Å². The lowest BCUT2D eigenvalue weighted by Gasteiger charge is -2.32. The summed E-state index contributed by atoms with van der Waals surface area (Å²) in [6.07, 6.45) is -13.2. The number of nitrogens with zero attached hydrogens (tertiary/aromatic N) is 3. The van der Waals surface area contributed by atoms with Gasteiger partial charge in [0, 0.05) is 24.4 Å². The van der Waals surface area contributed by atoms with E-state index in [2.05, 4.69) is 15.7 Å². The van der Waals surface area contributed by atoms with Crippen molar-refractivity contribution in [2.75, 3.05) is 17.3 Å². The number of amides is 3. The first-order valence-electron chi connectivity index (χ1n) is 12.9. The Morgan fingerprint density at radius 1 is 1.04 bits per heavy atom. The molecule has 0 saturated carbocycles. The lowest BCUT2D eigenvalue weighted by Crippen LogP contribution is -2.58. The molecule has 1 heterocycles. The number of thioether (sulfide) groups is 1. The lowest BCUT2D eigenvalue weighted by atomic mass is 10.0. The second kappa shape index (κ2) is 13.4. The number of nitrogens with one attached hydrogen (secondary N) is 2. The Kier molecular flexibility index (Phi) is 10.7. The van der Waals surface area contributed by atoms with Gasteiger partial charge in [-0.1, -0.05) is 29.8 Å². The van der Waals surface area contributed by atoms with Crippen molar-refractivity contribution in [1.82, 2.24) is 15.2 Å². The van der Waals surface area contributed by atoms with Crippen LogP contribution in [0.2, 0.25) is 5.02 Å². The molecule has 0 bridgehead atoms. The molecule has 0 aliphatic carbocycles. The predicted molar refractivity (Wildman–Crippen MR) is 152 cm³/mol. The molecule has 1 unspecified atom stereocenters. The van der Waals surface area contributed by atoms with Crippen molar-refractivity contribution in [3.8, 4) is 0 Å². The van der Waals surface area contributed by atoms with Gasteiger partial charge in [-0.05, 0) is 49.4 Å². The topological polar surface area (TPSA) is 94.1 Å². The highest BCUT2D eigenvalue weighted by Crippen LogP contribution is 2.43. The van der Waals surface area contributed by atoms with E-state index >= 15 is 0 Å². The number of carbonyl (C=O) groups is 3. The third-order valence-electron chi connectivity index (χ3n) is 6.41. The van der Waals surface area contributed by atoms with Crippen LogP contribution in [0.4, 0.5) is 40.8 Å². The molecule has 18 heteroatoms. The van der Waals surface area contributed by atoms with E-state index in [0.717, 1.165) is 0 Å². The van der Waals surface area contributed by atoms with Crippen LogP contribution in [-0.2, 0) is 11.3 Å². The molecule has 0 aromatic heterocycles. The maximum absolute atomic E-state index is 14.2. The van der Waals surface area contributed by atoms with Crippen molar-refractivity contribution in [3.63, 3.8) is 0 Å². The van der Waals surface area contributed by atoms with Gasteiger partial charge in [-0.2, -0.15) is 52.0 Å². The van der Waals surface area contributed by atoms with Crippen LogP contribution in [0.25, 0.3) is 0 Å². The summed E-state index contributed by atoms with van der Waals surface area (Å²) < 4.78 is 109. The number of alkyl halides is 8. The number of benzene rings is 2. The fourth-order valence-electron chi connectivity index (χ4n) is 4.45. The van der Waals surface area contributed by atoms with Gasteiger partial charge < -0.3 is 10.6 Å². The van der Waals surface area contributed by atoms with Crippen molar-refractivity contribution in [1.29, 1.82) is 0 Å². The minimum absolute atomic E-state index is 0.00373. The number of rotatable bonds is 9. The van der Waals surface area contributed by atoms with Crippen molar-refractivity contribution >= 4 is 52.6 Å². The average molecular weight is 688 g/mol. The molecule has 3 rings (SSSR count). The molecule has 2 atom stereocenters. The minimum atomic E-state index is -6.33. The standard InChI is InChI=1S/C27H26ClF8N5O3S/c1-13-10-16(11-40-24(26(31,32)33)41(15(3)42)23(39-40)25(29,30)27(34,35)36)8-9-19(13)38-21(43)17-6-5-7-18(28)20(17)22(44)37-14(2)12-45-4/h5-10,14,24H,11-12H2,1-4H3,(H,37,44)(H,38,43)/t14-,24?/m0/s1. The monoisotopic (exact) mass is 687 g/mol. The molecule has 0 spiro atoms. The van der Waals surface area contributed by atoms with E-state index in [0.29, 0.717) is 12.7 Å². The summed E-state index contributed by atoms with van der Waals surface area (Å²) in [5.74, 6) is -10.8. The third-order valence-corrected chi connectivity index (χ3v) is 7.56. The third kappa shape index (κ3) is 7.80. The van der Waals surface area contributed by atoms with Crippen molar-refractivity contribution < 1.29 is 49.5 Å². The van der Waals surface area contributed by atoms with E-state index < -0.39 is 59.4 Å². The van der Waals surface area contributed by atoms with E-state index in [-0.39, 0.29) is 44.0 Å². The number of hydrogen-bond acceptors (Lipinski definition) is 6. The lowest BCUT2D eigenvalue weighted by molar-refractivity contribution is -0.254. The molecule has 3 amide bonds. The maximum atomic E-state index is 14.2. The van der Waals surface area contributed by atoms with E-state index in [4.69, 9.17) is 11.6 Å². The normalized spacial score (nSPS) is 16.4. The first kappa shape index (κ1) is 35.9. The highest BCUT2D eigenvalue weighted by atomic mass is 35.5. The fourth-order valence-corrected chi connectivity index (χ4v) is 5.29. The molecule has 1 aliphatic heterocycles. The van der Waals surface area contributed by atoms with Gasteiger partial charge in [0.15, 0.2) is 0 Å². The van der Waals surface area contributed by atoms with Gasteiger partial charge in [0.2, 0.25) is 17.9 Å². The number of carbonyl (C=O) groups excluding carboxylic acids is 3. The van der Waals surface area contributed by atoms with E-state index in [1.165, 1.54) is 55.1 Å². The van der Waals surface area contributed by atoms with Crippen LogP contribution in [0.3, 0.4) is 0 Å². The molecule has 2 aromatic carbocycles. The second-order valence-corrected chi connectivity index (χ2v) is 11.3. The van der Waals surface area contributed by atoms with Crippen molar-refractivity contribution in [2.45, 2.75) is 57.8 Å². The van der Waals surface area contributed by atoms with Crippen molar-refractivity contribution in [3.05, 3.63) is 63.7 Å². The summed E-state index contributed by atoms with van der Waals surface area (Å²) in [6, 6.07) is 7.66. The molecule has 2 N–H and O–H groups in total. The SMILES string of the molecule is CSC[C@H](C)NC(=O)c1c(Cl)cccc1C(=O)Nc1ccc(CN2N=C(C(F)(F)C(F)(F)F)N(C(C)=O)C2C(F)(F)F)cc1C. The summed E-state index contributed by atoms with van der Waals surface area (Å²) >= 11 is 7.72. The zero-order valence-electron chi connectivity index (χ0n) is 23.9. The Bertz CT molecular complexity index is 1500. The van der Waals surface area contributed by atoms with Crippen LogP contribution in [0.5, 0.6) is 0 Å². The summed E-state index contributed by atoms with van der Waals surface area (Å²) in [7, 11) is 0. The summed E-state index contributed by atoms with van der Waals surface area (Å²) in [5.41, 5.74) is 0.178. The average Bonchev–Trinajstić information content (AvgIpc) is 3.30. The van der Waals surface area contributed by atoms with Gasteiger partial charge in [-0.3, -0.25) is 24.3 Å². The number of hydrazone groups is 1.